The molecule has 1 aromatic carbocycles. The number of nitrogens with one attached hydrogen (secondary N) is 1. The fourth-order valence-electron chi connectivity index (χ4n) is 3.31. The van der Waals surface area contributed by atoms with Crippen molar-refractivity contribution >= 4 is 5.91 Å². The molecular formula is C19H19FN2O. The van der Waals surface area contributed by atoms with E-state index in [1.165, 1.54) is 48.4 Å². The molecule has 2 aromatic rings. The molecule has 118 valence electrons. The van der Waals surface area contributed by atoms with Crippen molar-refractivity contribution in [3.63, 3.8) is 0 Å². The average molecular weight is 310 g/mol. The molecule has 1 heterocycles. The van der Waals surface area contributed by atoms with Crippen molar-refractivity contribution in [1.29, 1.82) is 0 Å². The molecule has 23 heavy (non-hydrogen) atoms. The Balaban J connectivity index is 1.56. The quantitative estimate of drug-likeness (QED) is 0.942. The molecular weight excluding hydrogens is 291 g/mol. The number of benzene rings is 1. The summed E-state index contributed by atoms with van der Waals surface area (Å²) in [7, 11) is 0. The van der Waals surface area contributed by atoms with Gasteiger partial charge >= 0.3 is 0 Å². The van der Waals surface area contributed by atoms with Gasteiger partial charge in [0, 0.05) is 11.3 Å². The summed E-state index contributed by atoms with van der Waals surface area (Å²) in [5, 5.41) is 3.10. The van der Waals surface area contributed by atoms with Crippen LogP contribution in [-0.4, -0.2) is 10.9 Å². The Bertz CT molecular complexity index is 750. The summed E-state index contributed by atoms with van der Waals surface area (Å²) in [4.78, 5) is 17.2. The molecule has 4 rings (SSSR count). The Labute approximate surface area is 134 Å². The summed E-state index contributed by atoms with van der Waals surface area (Å²) in [5.74, 6) is -0.499. The number of carbonyl (C=O) groups excluding carboxylic acids is 1. The van der Waals surface area contributed by atoms with Crippen LogP contribution in [0.2, 0.25) is 0 Å². The second-order valence-electron chi connectivity index (χ2n) is 6.55. The Morgan fingerprint density at radius 1 is 1.04 bits per heavy atom. The monoisotopic (exact) mass is 310 g/mol. The van der Waals surface area contributed by atoms with Crippen molar-refractivity contribution in [2.45, 2.75) is 44.1 Å². The SMILES string of the molecule is O=C(NC1(c2ccc3c(n2)CCCC3)CC1)c1ccc(F)cc1. The topological polar surface area (TPSA) is 42.0 Å². The van der Waals surface area contributed by atoms with Crippen molar-refractivity contribution in [3.05, 3.63) is 64.7 Å². The maximum absolute atomic E-state index is 13.0. The molecule has 0 bridgehead atoms. The first-order chi connectivity index (χ1) is 11.2. The summed E-state index contributed by atoms with van der Waals surface area (Å²) in [6, 6.07) is 9.88. The number of fused-ring (bicyclic) bond motifs is 1. The first-order valence-corrected chi connectivity index (χ1v) is 8.24. The molecule has 1 saturated carbocycles. The van der Waals surface area contributed by atoms with Crippen LogP contribution in [0.1, 0.15) is 53.0 Å². The predicted molar refractivity (Wildman–Crippen MR) is 85.7 cm³/mol. The molecule has 1 amide bonds. The van der Waals surface area contributed by atoms with Gasteiger partial charge < -0.3 is 5.32 Å². The van der Waals surface area contributed by atoms with Gasteiger partial charge in [0.1, 0.15) is 5.82 Å². The second-order valence-corrected chi connectivity index (χ2v) is 6.55. The molecule has 1 fully saturated rings. The summed E-state index contributed by atoms with van der Waals surface area (Å²) in [5.41, 5.74) is 3.65. The zero-order chi connectivity index (χ0) is 15.9. The molecule has 1 N–H and O–H groups in total. The number of hydrogen-bond acceptors (Lipinski definition) is 2. The summed E-state index contributed by atoms with van der Waals surface area (Å²) >= 11 is 0. The van der Waals surface area contributed by atoms with E-state index >= 15 is 0 Å². The first-order valence-electron chi connectivity index (χ1n) is 8.24. The van der Waals surface area contributed by atoms with Gasteiger partial charge in [-0.05, 0) is 74.4 Å². The third-order valence-electron chi connectivity index (χ3n) is 4.88. The van der Waals surface area contributed by atoms with E-state index in [2.05, 4.69) is 17.4 Å². The highest BCUT2D eigenvalue weighted by Gasteiger charge is 2.47. The number of nitrogens with zero attached hydrogens (tertiary/aromatic N) is 1. The second kappa shape index (κ2) is 5.44. The maximum atomic E-state index is 13.0. The van der Waals surface area contributed by atoms with Crippen LogP contribution in [0.4, 0.5) is 4.39 Å². The molecule has 0 saturated heterocycles. The maximum Gasteiger partial charge on any atom is 0.252 e. The van der Waals surface area contributed by atoms with Crippen LogP contribution in [-0.2, 0) is 18.4 Å². The van der Waals surface area contributed by atoms with Crippen LogP contribution in [0.25, 0.3) is 0 Å². The van der Waals surface area contributed by atoms with E-state index < -0.39 is 0 Å². The fraction of sp³-hybridized carbons (Fsp3) is 0.368. The molecule has 2 aliphatic carbocycles. The zero-order valence-electron chi connectivity index (χ0n) is 12.9. The molecule has 0 aliphatic heterocycles. The number of aromatic nitrogens is 1. The van der Waals surface area contributed by atoms with Gasteiger partial charge in [-0.15, -0.1) is 0 Å². The lowest BCUT2D eigenvalue weighted by atomic mass is 9.95. The van der Waals surface area contributed by atoms with Gasteiger partial charge in [0.25, 0.3) is 5.91 Å². The number of pyridine rings is 1. The fourth-order valence-corrected chi connectivity index (χ4v) is 3.31. The molecule has 3 nitrogen and oxygen atoms in total. The highest BCUT2D eigenvalue weighted by atomic mass is 19.1. The third-order valence-corrected chi connectivity index (χ3v) is 4.88. The molecule has 4 heteroatoms. The van der Waals surface area contributed by atoms with E-state index in [0.29, 0.717) is 5.56 Å². The van der Waals surface area contributed by atoms with Gasteiger partial charge in [-0.25, -0.2) is 4.39 Å². The highest BCUT2D eigenvalue weighted by Crippen LogP contribution is 2.45. The lowest BCUT2D eigenvalue weighted by molar-refractivity contribution is 0.0929. The number of aryl methyl sites for hydroxylation is 2. The van der Waals surface area contributed by atoms with Gasteiger partial charge in [0.2, 0.25) is 0 Å². The molecule has 0 unspecified atom stereocenters. The van der Waals surface area contributed by atoms with E-state index in [4.69, 9.17) is 4.98 Å². The molecule has 0 spiro atoms. The first kappa shape index (κ1) is 14.4. The average Bonchev–Trinajstić information content (AvgIpc) is 3.35. The minimum atomic E-state index is -0.335. The number of hydrogen-bond donors (Lipinski definition) is 1. The van der Waals surface area contributed by atoms with E-state index in [1.807, 2.05) is 0 Å². The van der Waals surface area contributed by atoms with Gasteiger partial charge in [0.15, 0.2) is 0 Å². The van der Waals surface area contributed by atoms with Crippen molar-refractivity contribution in [3.8, 4) is 0 Å². The van der Waals surface area contributed by atoms with Crippen LogP contribution < -0.4 is 5.32 Å². The Morgan fingerprint density at radius 3 is 2.52 bits per heavy atom. The minimum absolute atomic E-state index is 0.165. The third kappa shape index (κ3) is 2.74. The molecule has 1 aromatic heterocycles. The number of amides is 1. The van der Waals surface area contributed by atoms with Gasteiger partial charge in [0.05, 0.1) is 11.2 Å². The number of rotatable bonds is 3. The molecule has 2 aliphatic rings. The standard InChI is InChI=1S/C19H19FN2O/c20-15-8-5-14(6-9-15)18(23)22-19(11-12-19)17-10-7-13-3-1-2-4-16(13)21-17/h5-10H,1-4,11-12H2,(H,22,23). The normalized spacial score (nSPS) is 18.1. The lowest BCUT2D eigenvalue weighted by Crippen LogP contribution is -2.35. The molecule has 0 atom stereocenters. The van der Waals surface area contributed by atoms with Crippen LogP contribution in [0, 0.1) is 5.82 Å². The van der Waals surface area contributed by atoms with E-state index in [1.54, 1.807) is 0 Å². The molecule has 0 radical (unpaired) electrons. The van der Waals surface area contributed by atoms with Gasteiger partial charge in [-0.2, -0.15) is 0 Å². The van der Waals surface area contributed by atoms with Crippen molar-refractivity contribution in [2.24, 2.45) is 0 Å². The van der Waals surface area contributed by atoms with Crippen LogP contribution >= 0.6 is 0 Å². The highest BCUT2D eigenvalue weighted by molar-refractivity contribution is 5.95. The largest absolute Gasteiger partial charge is 0.341 e. The van der Waals surface area contributed by atoms with Crippen LogP contribution in [0.5, 0.6) is 0 Å². The van der Waals surface area contributed by atoms with E-state index in [9.17, 15) is 9.18 Å². The van der Waals surface area contributed by atoms with Gasteiger partial charge in [-0.1, -0.05) is 6.07 Å². The Kier molecular flexibility index (Phi) is 3.40. The Morgan fingerprint density at radius 2 is 1.78 bits per heavy atom. The zero-order valence-corrected chi connectivity index (χ0v) is 12.9. The Hall–Kier alpha value is -2.23. The summed E-state index contributed by atoms with van der Waals surface area (Å²) < 4.78 is 13.0. The van der Waals surface area contributed by atoms with E-state index in [-0.39, 0.29) is 17.3 Å². The number of halogens is 1. The van der Waals surface area contributed by atoms with Crippen LogP contribution in [0.15, 0.2) is 36.4 Å². The summed E-state index contributed by atoms with van der Waals surface area (Å²) in [6.07, 6.45) is 6.39. The van der Waals surface area contributed by atoms with Crippen molar-refractivity contribution in [1.82, 2.24) is 10.3 Å². The van der Waals surface area contributed by atoms with Crippen LogP contribution in [0.3, 0.4) is 0 Å². The number of carbonyl (C=O) groups is 1. The summed E-state index contributed by atoms with van der Waals surface area (Å²) in [6.45, 7) is 0. The predicted octanol–water partition coefficient (Wildman–Crippen LogP) is 3.52. The van der Waals surface area contributed by atoms with Gasteiger partial charge in [-0.3, -0.25) is 9.78 Å². The van der Waals surface area contributed by atoms with Crippen molar-refractivity contribution in [2.75, 3.05) is 0 Å². The van der Waals surface area contributed by atoms with Crippen molar-refractivity contribution < 1.29 is 9.18 Å². The lowest BCUT2D eigenvalue weighted by Gasteiger charge is -2.21. The van der Waals surface area contributed by atoms with E-state index in [0.717, 1.165) is 31.4 Å². The smallest absolute Gasteiger partial charge is 0.252 e. The minimum Gasteiger partial charge on any atom is -0.341 e.